The summed E-state index contributed by atoms with van der Waals surface area (Å²) in [6, 6.07) is 13.0. The number of benzene rings is 2. The minimum atomic E-state index is -0.762. The number of amides is 1. The lowest BCUT2D eigenvalue weighted by atomic mass is 10.1. The maximum atomic E-state index is 12.4. The van der Waals surface area contributed by atoms with Gasteiger partial charge < -0.3 is 9.73 Å². The van der Waals surface area contributed by atoms with E-state index in [2.05, 4.69) is 5.32 Å². The van der Waals surface area contributed by atoms with E-state index in [0.717, 1.165) is 0 Å². The van der Waals surface area contributed by atoms with Gasteiger partial charge in [0.2, 0.25) is 5.91 Å². The minimum absolute atomic E-state index is 0.123. The molecule has 0 saturated heterocycles. The van der Waals surface area contributed by atoms with Crippen molar-refractivity contribution in [1.29, 1.82) is 0 Å². The summed E-state index contributed by atoms with van der Waals surface area (Å²) in [5.74, 6) is -1.09. The van der Waals surface area contributed by atoms with Crippen LogP contribution in [-0.4, -0.2) is 16.3 Å². The highest BCUT2D eigenvalue weighted by molar-refractivity contribution is 5.97. The summed E-state index contributed by atoms with van der Waals surface area (Å²) in [6.07, 6.45) is 0. The van der Waals surface area contributed by atoms with Crippen LogP contribution in [0.4, 0.5) is 5.69 Å². The fourth-order valence-corrected chi connectivity index (χ4v) is 2.51. The van der Waals surface area contributed by atoms with Gasteiger partial charge in [0.1, 0.15) is 6.04 Å². The third-order valence-electron chi connectivity index (χ3n) is 3.83. The number of anilines is 1. The lowest BCUT2D eigenvalue weighted by Gasteiger charge is -2.13. The van der Waals surface area contributed by atoms with Gasteiger partial charge in [0.15, 0.2) is 11.4 Å². The zero-order valence-corrected chi connectivity index (χ0v) is 13.3. The van der Waals surface area contributed by atoms with Crippen molar-refractivity contribution in [3.8, 4) is 0 Å². The third kappa shape index (κ3) is 2.86. The number of aromatic nitrogens is 1. The van der Waals surface area contributed by atoms with Crippen molar-refractivity contribution in [2.24, 2.45) is 0 Å². The quantitative estimate of drug-likeness (QED) is 0.748. The van der Waals surface area contributed by atoms with E-state index in [1.54, 1.807) is 31.2 Å². The Morgan fingerprint density at radius 1 is 1.12 bits per heavy atom. The number of hydrogen-bond donors (Lipinski definition) is 1. The van der Waals surface area contributed by atoms with E-state index in [1.807, 2.05) is 18.2 Å². The molecule has 1 N–H and O–H groups in total. The normalized spacial score (nSPS) is 12.1. The second-order valence-corrected chi connectivity index (χ2v) is 5.51. The molecule has 6 heteroatoms. The average molecular weight is 324 g/mol. The van der Waals surface area contributed by atoms with E-state index < -0.39 is 11.8 Å². The van der Waals surface area contributed by atoms with E-state index in [4.69, 9.17) is 4.42 Å². The monoisotopic (exact) mass is 324 g/mol. The molecule has 0 bridgehead atoms. The fraction of sp³-hybridized carbons (Fsp3) is 0.167. The number of nitrogens with one attached hydrogen (secondary N) is 1. The van der Waals surface area contributed by atoms with Crippen molar-refractivity contribution in [2.75, 3.05) is 5.32 Å². The van der Waals surface area contributed by atoms with Gasteiger partial charge in [-0.25, -0.2) is 4.79 Å². The summed E-state index contributed by atoms with van der Waals surface area (Å²) in [5.41, 5.74) is 1.85. The number of para-hydroxylation sites is 1. The molecule has 0 fully saturated rings. The molecule has 0 spiro atoms. The van der Waals surface area contributed by atoms with E-state index in [9.17, 15) is 14.4 Å². The van der Waals surface area contributed by atoms with Gasteiger partial charge in [0, 0.05) is 11.3 Å². The van der Waals surface area contributed by atoms with Crippen LogP contribution in [0.1, 0.15) is 30.2 Å². The average Bonchev–Trinajstić information content (AvgIpc) is 2.89. The molecule has 0 aliphatic rings. The molecule has 1 heterocycles. The number of oxazole rings is 1. The second-order valence-electron chi connectivity index (χ2n) is 5.51. The first kappa shape index (κ1) is 15.7. The SMILES string of the molecule is CC(=O)c1ccc2c(c1)oc(=O)n2C(C)C(=O)Nc1ccccc1. The number of carbonyl (C=O) groups is 2. The van der Waals surface area contributed by atoms with Gasteiger partial charge in [-0.15, -0.1) is 0 Å². The van der Waals surface area contributed by atoms with E-state index in [0.29, 0.717) is 16.8 Å². The molecule has 0 saturated carbocycles. The first-order valence-electron chi connectivity index (χ1n) is 7.49. The highest BCUT2D eigenvalue weighted by Gasteiger charge is 2.22. The Morgan fingerprint density at radius 2 is 1.83 bits per heavy atom. The maximum Gasteiger partial charge on any atom is 0.420 e. The van der Waals surface area contributed by atoms with E-state index in [-0.39, 0.29) is 17.3 Å². The van der Waals surface area contributed by atoms with E-state index >= 15 is 0 Å². The van der Waals surface area contributed by atoms with Crippen molar-refractivity contribution in [3.05, 3.63) is 64.6 Å². The molecule has 1 atom stereocenters. The Kier molecular flexibility index (Phi) is 4.04. The molecule has 122 valence electrons. The number of carbonyl (C=O) groups excluding carboxylic acids is 2. The van der Waals surface area contributed by atoms with Crippen molar-refractivity contribution >= 4 is 28.5 Å². The van der Waals surface area contributed by atoms with Gasteiger partial charge in [0.25, 0.3) is 0 Å². The summed E-state index contributed by atoms with van der Waals surface area (Å²) in [4.78, 5) is 36.0. The molecule has 1 amide bonds. The highest BCUT2D eigenvalue weighted by Crippen LogP contribution is 2.20. The van der Waals surface area contributed by atoms with Crippen molar-refractivity contribution < 1.29 is 14.0 Å². The van der Waals surface area contributed by atoms with Crippen LogP contribution in [0.15, 0.2) is 57.7 Å². The van der Waals surface area contributed by atoms with Crippen LogP contribution in [0.2, 0.25) is 0 Å². The molecule has 24 heavy (non-hydrogen) atoms. The number of fused-ring (bicyclic) bond motifs is 1. The number of nitrogens with zero attached hydrogens (tertiary/aromatic N) is 1. The summed E-state index contributed by atoms with van der Waals surface area (Å²) in [5, 5.41) is 2.76. The molecule has 3 aromatic rings. The lowest BCUT2D eigenvalue weighted by molar-refractivity contribution is -0.118. The Labute approximate surface area is 137 Å². The Balaban J connectivity index is 1.96. The summed E-state index contributed by atoms with van der Waals surface area (Å²) >= 11 is 0. The Bertz CT molecular complexity index is 970. The van der Waals surface area contributed by atoms with Crippen molar-refractivity contribution in [3.63, 3.8) is 0 Å². The van der Waals surface area contributed by atoms with Crippen LogP contribution in [0.25, 0.3) is 11.1 Å². The maximum absolute atomic E-state index is 12.4. The standard InChI is InChI=1S/C18H16N2O4/c1-11(17(22)19-14-6-4-3-5-7-14)20-15-9-8-13(12(2)21)10-16(15)24-18(20)23/h3-11H,1-2H3,(H,19,22). The van der Waals surface area contributed by atoms with Crippen molar-refractivity contribution in [2.45, 2.75) is 19.9 Å². The van der Waals surface area contributed by atoms with E-state index in [1.165, 1.54) is 17.6 Å². The number of rotatable bonds is 4. The molecular formula is C18H16N2O4. The zero-order valence-electron chi connectivity index (χ0n) is 13.3. The van der Waals surface area contributed by atoms with Gasteiger partial charge in [-0.05, 0) is 44.2 Å². The van der Waals surface area contributed by atoms with Crippen LogP contribution in [-0.2, 0) is 4.79 Å². The smallest absolute Gasteiger partial charge is 0.408 e. The molecule has 2 aromatic carbocycles. The Morgan fingerprint density at radius 3 is 2.50 bits per heavy atom. The molecule has 3 rings (SSSR count). The predicted octanol–water partition coefficient (Wildman–Crippen LogP) is 3.00. The molecule has 0 aliphatic carbocycles. The molecule has 6 nitrogen and oxygen atoms in total. The zero-order chi connectivity index (χ0) is 17.3. The predicted molar refractivity (Wildman–Crippen MR) is 90.3 cm³/mol. The largest absolute Gasteiger partial charge is 0.420 e. The van der Waals surface area contributed by atoms with Crippen LogP contribution in [0.5, 0.6) is 0 Å². The minimum Gasteiger partial charge on any atom is -0.408 e. The topological polar surface area (TPSA) is 81.3 Å². The molecule has 0 radical (unpaired) electrons. The van der Waals surface area contributed by atoms with Crippen LogP contribution in [0, 0.1) is 0 Å². The number of ketones is 1. The van der Waals surface area contributed by atoms with Gasteiger partial charge in [-0.1, -0.05) is 18.2 Å². The molecule has 1 unspecified atom stereocenters. The second kappa shape index (κ2) is 6.16. The fourth-order valence-electron chi connectivity index (χ4n) is 2.51. The van der Waals surface area contributed by atoms with Gasteiger partial charge in [-0.3, -0.25) is 14.2 Å². The first-order chi connectivity index (χ1) is 11.5. The molecular weight excluding hydrogens is 308 g/mol. The van der Waals surface area contributed by atoms with Gasteiger partial charge >= 0.3 is 5.76 Å². The summed E-state index contributed by atoms with van der Waals surface area (Å²) in [7, 11) is 0. The Hall–Kier alpha value is -3.15. The van der Waals surface area contributed by atoms with Crippen LogP contribution < -0.4 is 11.1 Å². The highest BCUT2D eigenvalue weighted by atomic mass is 16.4. The summed E-state index contributed by atoms with van der Waals surface area (Å²) in [6.45, 7) is 3.06. The number of Topliss-reactive ketones (excluding diaryl/α,β-unsaturated/α-hetero) is 1. The van der Waals surface area contributed by atoms with Crippen molar-refractivity contribution in [1.82, 2.24) is 4.57 Å². The van der Waals surface area contributed by atoms with Crippen LogP contribution >= 0.6 is 0 Å². The number of hydrogen-bond acceptors (Lipinski definition) is 4. The van der Waals surface area contributed by atoms with Gasteiger partial charge in [0.05, 0.1) is 5.52 Å². The molecule has 1 aromatic heterocycles. The third-order valence-corrected chi connectivity index (χ3v) is 3.83. The first-order valence-corrected chi connectivity index (χ1v) is 7.49. The summed E-state index contributed by atoms with van der Waals surface area (Å²) < 4.78 is 6.46. The van der Waals surface area contributed by atoms with Gasteiger partial charge in [-0.2, -0.15) is 0 Å². The van der Waals surface area contributed by atoms with Crippen LogP contribution in [0.3, 0.4) is 0 Å². The lowest BCUT2D eigenvalue weighted by Crippen LogP contribution is -2.29. The molecule has 0 aliphatic heterocycles.